The van der Waals surface area contributed by atoms with E-state index < -0.39 is 10.0 Å². The third-order valence-electron chi connectivity index (χ3n) is 8.65. The number of piperidine rings is 1. The number of phenolic OH excluding ortho intramolecular Hbond substituents is 1. The second-order valence-corrected chi connectivity index (χ2v) is 12.9. The summed E-state index contributed by atoms with van der Waals surface area (Å²) in [6.07, 6.45) is 11.7. The van der Waals surface area contributed by atoms with Gasteiger partial charge in [-0.2, -0.15) is 0 Å². The second-order valence-electron chi connectivity index (χ2n) is 11.2. The van der Waals surface area contributed by atoms with Crippen LogP contribution in [-0.4, -0.2) is 43.1 Å². The zero-order chi connectivity index (χ0) is 24.4. The fourth-order valence-corrected chi connectivity index (χ4v) is 8.11. The normalized spacial score (nSPS) is 26.6. The first-order valence-corrected chi connectivity index (χ1v) is 15.0. The number of hydrogen-bond donors (Lipinski definition) is 2. The highest BCUT2D eigenvalue weighted by Crippen LogP contribution is 2.44. The molecule has 0 amide bonds. The second kappa shape index (κ2) is 10.6. The molecule has 1 aliphatic carbocycles. The van der Waals surface area contributed by atoms with Crippen LogP contribution in [0.5, 0.6) is 5.75 Å². The van der Waals surface area contributed by atoms with Gasteiger partial charge in [0.25, 0.3) is 0 Å². The van der Waals surface area contributed by atoms with E-state index in [1.54, 1.807) is 18.2 Å². The zero-order valence-electron chi connectivity index (χ0n) is 20.9. The number of aryl methyl sites for hydroxylation is 1. The van der Waals surface area contributed by atoms with E-state index in [0.717, 1.165) is 31.4 Å². The molecular formula is C29H40N2O3S. The maximum Gasteiger partial charge on any atom is 0.240 e. The molecule has 1 saturated carbocycles. The molecule has 5 rings (SSSR count). The van der Waals surface area contributed by atoms with Crippen LogP contribution in [0.25, 0.3) is 0 Å². The van der Waals surface area contributed by atoms with Gasteiger partial charge >= 0.3 is 0 Å². The van der Waals surface area contributed by atoms with Crippen molar-refractivity contribution < 1.29 is 13.5 Å². The molecule has 2 N–H and O–H groups in total. The molecule has 0 radical (unpaired) electrons. The van der Waals surface area contributed by atoms with Gasteiger partial charge in [-0.15, -0.1) is 0 Å². The fourth-order valence-electron chi connectivity index (χ4n) is 6.87. The third kappa shape index (κ3) is 5.92. The predicted molar refractivity (Wildman–Crippen MR) is 140 cm³/mol. The Morgan fingerprint density at radius 2 is 1.66 bits per heavy atom. The van der Waals surface area contributed by atoms with Gasteiger partial charge < -0.3 is 5.11 Å². The van der Waals surface area contributed by atoms with E-state index in [1.807, 2.05) is 31.2 Å². The first-order valence-electron chi connectivity index (χ1n) is 13.5. The van der Waals surface area contributed by atoms with Crippen LogP contribution in [0.3, 0.4) is 0 Å². The first kappa shape index (κ1) is 24.8. The third-order valence-corrected chi connectivity index (χ3v) is 10.2. The molecule has 0 spiro atoms. The average molecular weight is 497 g/mol. The molecule has 5 nitrogen and oxygen atoms in total. The summed E-state index contributed by atoms with van der Waals surface area (Å²) in [5, 5.41) is 9.96. The van der Waals surface area contributed by atoms with Crippen molar-refractivity contribution in [2.45, 2.75) is 100 Å². The zero-order valence-corrected chi connectivity index (χ0v) is 21.7. The number of rotatable bonds is 8. The van der Waals surface area contributed by atoms with Crippen molar-refractivity contribution >= 4 is 10.0 Å². The average Bonchev–Trinajstić information content (AvgIpc) is 3.06. The number of sulfonamides is 1. The molecule has 2 saturated heterocycles. The lowest BCUT2D eigenvalue weighted by atomic mass is 9.83. The Kier molecular flexibility index (Phi) is 7.52. The van der Waals surface area contributed by atoms with Crippen molar-refractivity contribution in [2.75, 3.05) is 6.54 Å². The van der Waals surface area contributed by atoms with Gasteiger partial charge in [0.15, 0.2) is 0 Å². The lowest BCUT2D eigenvalue weighted by molar-refractivity contribution is 0.110. The van der Waals surface area contributed by atoms with E-state index in [0.29, 0.717) is 34.6 Å². The Hall–Kier alpha value is -1.89. The van der Waals surface area contributed by atoms with Crippen LogP contribution in [0.15, 0.2) is 53.4 Å². The van der Waals surface area contributed by atoms with Crippen molar-refractivity contribution in [3.8, 4) is 5.75 Å². The van der Waals surface area contributed by atoms with E-state index >= 15 is 0 Å². The lowest BCUT2D eigenvalue weighted by Crippen LogP contribution is -2.51. The summed E-state index contributed by atoms with van der Waals surface area (Å²) in [5.41, 5.74) is 2.30. The maximum atomic E-state index is 13.3. The number of fused-ring (bicyclic) bond motifs is 2. The molecule has 2 aromatic carbocycles. The summed E-state index contributed by atoms with van der Waals surface area (Å²) >= 11 is 0. The molecule has 2 heterocycles. The first-order chi connectivity index (χ1) is 16.9. The van der Waals surface area contributed by atoms with Gasteiger partial charge in [0, 0.05) is 24.7 Å². The van der Waals surface area contributed by atoms with Crippen molar-refractivity contribution in [3.05, 3.63) is 59.7 Å². The number of nitrogens with one attached hydrogen (secondary N) is 1. The number of hydrogen-bond acceptors (Lipinski definition) is 4. The molecule has 3 fully saturated rings. The molecular weight excluding hydrogens is 456 g/mol. The number of phenols is 1. The van der Waals surface area contributed by atoms with Gasteiger partial charge in [-0.3, -0.25) is 4.90 Å². The van der Waals surface area contributed by atoms with Crippen LogP contribution >= 0.6 is 0 Å². The Morgan fingerprint density at radius 1 is 0.971 bits per heavy atom. The molecule has 0 aromatic heterocycles. The minimum absolute atomic E-state index is 0.0650. The highest BCUT2D eigenvalue weighted by atomic mass is 32.2. The molecule has 35 heavy (non-hydrogen) atoms. The Labute approximate surface area is 211 Å². The van der Waals surface area contributed by atoms with Crippen LogP contribution < -0.4 is 4.72 Å². The van der Waals surface area contributed by atoms with E-state index in [-0.39, 0.29) is 6.04 Å². The van der Waals surface area contributed by atoms with Gasteiger partial charge in [0.05, 0.1) is 4.90 Å². The highest BCUT2D eigenvalue weighted by Gasteiger charge is 2.42. The number of nitrogens with zero attached hydrogens (tertiary/aromatic N) is 1. The van der Waals surface area contributed by atoms with Crippen LogP contribution in [-0.2, 0) is 10.0 Å². The van der Waals surface area contributed by atoms with Crippen LogP contribution in [0.1, 0.15) is 81.3 Å². The van der Waals surface area contributed by atoms with Gasteiger partial charge in [-0.25, -0.2) is 13.1 Å². The monoisotopic (exact) mass is 496 g/mol. The lowest BCUT2D eigenvalue weighted by Gasteiger charge is -2.41. The van der Waals surface area contributed by atoms with E-state index in [1.165, 1.54) is 50.5 Å². The summed E-state index contributed by atoms with van der Waals surface area (Å²) in [6, 6.07) is 15.8. The van der Waals surface area contributed by atoms with Gasteiger partial charge in [0.1, 0.15) is 5.75 Å². The largest absolute Gasteiger partial charge is 0.508 e. The highest BCUT2D eigenvalue weighted by molar-refractivity contribution is 7.89. The summed E-state index contributed by atoms with van der Waals surface area (Å²) in [7, 11) is -3.56. The van der Waals surface area contributed by atoms with Crippen molar-refractivity contribution in [3.63, 3.8) is 0 Å². The molecule has 3 unspecified atom stereocenters. The van der Waals surface area contributed by atoms with Crippen molar-refractivity contribution in [1.82, 2.24) is 9.62 Å². The smallest absolute Gasteiger partial charge is 0.240 e. The van der Waals surface area contributed by atoms with Gasteiger partial charge in [0.2, 0.25) is 10.0 Å². The fraction of sp³-hybridized carbons (Fsp3) is 0.586. The van der Waals surface area contributed by atoms with Crippen molar-refractivity contribution in [2.24, 2.45) is 5.92 Å². The van der Waals surface area contributed by atoms with E-state index in [2.05, 4.69) is 15.7 Å². The summed E-state index contributed by atoms with van der Waals surface area (Å²) in [4.78, 5) is 2.98. The minimum atomic E-state index is -3.56. The SMILES string of the molecule is Cc1ccc(S(=O)(=O)NC(CC2CCCCC2)CN2C3CCC2CC(c2cccc(O)c2)C3)cc1. The van der Waals surface area contributed by atoms with Gasteiger partial charge in [-0.1, -0.05) is 61.9 Å². The molecule has 6 heteroatoms. The Balaban J connectivity index is 1.31. The minimum Gasteiger partial charge on any atom is -0.508 e. The van der Waals surface area contributed by atoms with Gasteiger partial charge in [-0.05, 0) is 80.7 Å². The van der Waals surface area contributed by atoms with E-state index in [9.17, 15) is 13.5 Å². The molecule has 3 aliphatic rings. The topological polar surface area (TPSA) is 69.6 Å². The van der Waals surface area contributed by atoms with Crippen LogP contribution in [0, 0.1) is 12.8 Å². The number of benzene rings is 2. The summed E-state index contributed by atoms with van der Waals surface area (Å²) < 4.78 is 29.8. The number of aromatic hydroxyl groups is 1. The molecule has 190 valence electrons. The molecule has 2 aromatic rings. The quantitative estimate of drug-likeness (QED) is 0.490. The molecule has 2 aliphatic heterocycles. The predicted octanol–water partition coefficient (Wildman–Crippen LogP) is 5.73. The standard InChI is InChI=1S/C29H40N2O3S/c1-21-10-14-29(15-11-21)35(33,34)30-25(16-22-6-3-2-4-7-22)20-31-26-12-13-27(31)18-24(17-26)23-8-5-9-28(32)19-23/h5,8-11,14-15,19,22,24-27,30,32H,2-4,6-7,12-13,16-18,20H2,1H3. The van der Waals surface area contributed by atoms with Crippen LogP contribution in [0.2, 0.25) is 0 Å². The maximum absolute atomic E-state index is 13.3. The summed E-state index contributed by atoms with van der Waals surface area (Å²) in [6.45, 7) is 2.77. The Bertz CT molecular complexity index is 1080. The van der Waals surface area contributed by atoms with E-state index in [4.69, 9.17) is 0 Å². The van der Waals surface area contributed by atoms with Crippen LogP contribution in [0.4, 0.5) is 0 Å². The molecule has 3 atom stereocenters. The molecule has 2 bridgehead atoms. The summed E-state index contributed by atoms with van der Waals surface area (Å²) in [5.74, 6) is 1.42. The Morgan fingerprint density at radius 3 is 2.31 bits per heavy atom. The van der Waals surface area contributed by atoms with Crippen molar-refractivity contribution in [1.29, 1.82) is 0 Å².